The highest BCUT2D eigenvalue weighted by atomic mass is 16.3. The molecule has 3 nitrogen and oxygen atoms in total. The Morgan fingerprint density at radius 3 is 3.00 bits per heavy atom. The zero-order chi connectivity index (χ0) is 13.2. The molecular weight excluding hydrogens is 238 g/mol. The van der Waals surface area contributed by atoms with E-state index in [9.17, 15) is 4.79 Å². The van der Waals surface area contributed by atoms with Crippen LogP contribution in [0.3, 0.4) is 0 Å². The monoisotopic (exact) mass is 257 g/mol. The van der Waals surface area contributed by atoms with Crippen LogP contribution < -0.4 is 5.32 Å². The highest BCUT2D eigenvalue weighted by Crippen LogP contribution is 2.41. The van der Waals surface area contributed by atoms with E-state index in [1.54, 1.807) is 0 Å². The molecule has 0 unspecified atom stereocenters. The van der Waals surface area contributed by atoms with Gasteiger partial charge in [-0.15, -0.1) is 0 Å². The molecule has 1 fully saturated rings. The van der Waals surface area contributed by atoms with E-state index in [0.29, 0.717) is 13.0 Å². The van der Waals surface area contributed by atoms with Gasteiger partial charge in [0, 0.05) is 18.4 Å². The third-order valence-corrected chi connectivity index (χ3v) is 3.76. The molecule has 1 aromatic heterocycles. The normalized spacial score (nSPS) is 14.8. The third-order valence-electron chi connectivity index (χ3n) is 3.76. The van der Waals surface area contributed by atoms with E-state index in [4.69, 9.17) is 4.42 Å². The van der Waals surface area contributed by atoms with Crippen molar-refractivity contribution in [2.24, 2.45) is 0 Å². The van der Waals surface area contributed by atoms with Crippen LogP contribution in [0.15, 0.2) is 28.9 Å². The Morgan fingerprint density at radius 2 is 2.26 bits per heavy atom. The summed E-state index contributed by atoms with van der Waals surface area (Å²) in [6, 6.07) is 6.50. The minimum atomic E-state index is 0.103. The number of amides is 1. The van der Waals surface area contributed by atoms with Crippen LogP contribution in [0.4, 0.5) is 0 Å². The molecule has 100 valence electrons. The van der Waals surface area contributed by atoms with Crippen LogP contribution >= 0.6 is 0 Å². The van der Waals surface area contributed by atoms with Crippen LogP contribution in [-0.2, 0) is 11.2 Å². The molecule has 2 aromatic rings. The lowest BCUT2D eigenvalue weighted by Gasteiger charge is -2.03. The average Bonchev–Trinajstić information content (AvgIpc) is 3.21. The number of carbonyl (C=O) groups excluding carboxylic acids is 1. The molecule has 3 heteroatoms. The number of nitrogens with one attached hydrogen (secondary N) is 1. The summed E-state index contributed by atoms with van der Waals surface area (Å²) >= 11 is 0. The van der Waals surface area contributed by atoms with Crippen LogP contribution in [0, 0.1) is 0 Å². The van der Waals surface area contributed by atoms with Crippen molar-refractivity contribution in [1.82, 2.24) is 5.32 Å². The summed E-state index contributed by atoms with van der Waals surface area (Å²) in [5.41, 5.74) is 3.56. The Balaban J connectivity index is 1.75. The molecule has 0 saturated heterocycles. The second kappa shape index (κ2) is 5.08. The fourth-order valence-electron chi connectivity index (χ4n) is 2.43. The Bertz CT molecular complexity index is 596. The van der Waals surface area contributed by atoms with E-state index in [2.05, 4.69) is 23.5 Å². The van der Waals surface area contributed by atoms with Crippen molar-refractivity contribution in [3.05, 3.63) is 35.6 Å². The zero-order valence-corrected chi connectivity index (χ0v) is 11.2. The van der Waals surface area contributed by atoms with E-state index in [0.717, 1.165) is 17.9 Å². The maximum Gasteiger partial charge on any atom is 0.219 e. The second-order valence-corrected chi connectivity index (χ2v) is 5.24. The van der Waals surface area contributed by atoms with Crippen molar-refractivity contribution < 1.29 is 9.21 Å². The lowest BCUT2D eigenvalue weighted by molar-refractivity contribution is -0.120. The molecule has 0 spiro atoms. The van der Waals surface area contributed by atoms with E-state index >= 15 is 0 Å². The topological polar surface area (TPSA) is 42.2 Å². The second-order valence-electron chi connectivity index (χ2n) is 5.24. The van der Waals surface area contributed by atoms with Crippen LogP contribution in [0.1, 0.15) is 43.2 Å². The summed E-state index contributed by atoms with van der Waals surface area (Å²) in [5.74, 6) is 0.860. The predicted molar refractivity (Wildman–Crippen MR) is 75.2 cm³/mol. The smallest absolute Gasteiger partial charge is 0.219 e. The summed E-state index contributed by atoms with van der Waals surface area (Å²) in [6.07, 6.45) is 5.81. The van der Waals surface area contributed by atoms with Crippen molar-refractivity contribution in [1.29, 1.82) is 0 Å². The van der Waals surface area contributed by atoms with Gasteiger partial charge in [0.1, 0.15) is 5.58 Å². The fourth-order valence-corrected chi connectivity index (χ4v) is 2.43. The summed E-state index contributed by atoms with van der Waals surface area (Å²) in [4.78, 5) is 11.2. The molecule has 1 aliphatic rings. The zero-order valence-electron chi connectivity index (χ0n) is 11.2. The molecule has 0 atom stereocenters. The highest BCUT2D eigenvalue weighted by molar-refractivity contribution is 5.82. The first kappa shape index (κ1) is 12.3. The van der Waals surface area contributed by atoms with Gasteiger partial charge in [-0.3, -0.25) is 4.79 Å². The van der Waals surface area contributed by atoms with Crippen molar-refractivity contribution in [3.63, 3.8) is 0 Å². The van der Waals surface area contributed by atoms with Gasteiger partial charge in [0.25, 0.3) is 0 Å². The van der Waals surface area contributed by atoms with Gasteiger partial charge in [0.15, 0.2) is 0 Å². The first-order valence-corrected chi connectivity index (χ1v) is 7.04. The minimum Gasteiger partial charge on any atom is -0.464 e. The van der Waals surface area contributed by atoms with E-state index in [-0.39, 0.29) is 5.91 Å². The van der Waals surface area contributed by atoms with E-state index in [1.165, 1.54) is 29.4 Å². The minimum absolute atomic E-state index is 0.103. The lowest BCUT2D eigenvalue weighted by atomic mass is 10.0. The van der Waals surface area contributed by atoms with Gasteiger partial charge >= 0.3 is 0 Å². The predicted octanol–water partition coefficient (Wildman–Crippen LogP) is 3.38. The van der Waals surface area contributed by atoms with Crippen LogP contribution in [-0.4, -0.2) is 12.5 Å². The van der Waals surface area contributed by atoms with Gasteiger partial charge in [0.05, 0.1) is 6.26 Å². The summed E-state index contributed by atoms with van der Waals surface area (Å²) in [7, 11) is 0. The molecule has 1 aliphatic carbocycles. The molecule has 0 radical (unpaired) electrons. The van der Waals surface area contributed by atoms with Crippen LogP contribution in [0.5, 0.6) is 0 Å². The molecule has 1 heterocycles. The molecule has 1 amide bonds. The van der Waals surface area contributed by atoms with Crippen molar-refractivity contribution in [2.45, 2.75) is 38.5 Å². The molecule has 0 aliphatic heterocycles. The van der Waals surface area contributed by atoms with Crippen molar-refractivity contribution in [3.8, 4) is 0 Å². The number of benzene rings is 1. The number of hydrogen-bond donors (Lipinski definition) is 1. The van der Waals surface area contributed by atoms with Gasteiger partial charge in [-0.25, -0.2) is 0 Å². The SMILES string of the molecule is CCC(=O)NCCc1coc2ccc(C3CC3)cc12. The van der Waals surface area contributed by atoms with Gasteiger partial charge in [-0.05, 0) is 48.4 Å². The molecule has 1 aromatic carbocycles. The van der Waals surface area contributed by atoms with Gasteiger partial charge in [-0.2, -0.15) is 0 Å². The third kappa shape index (κ3) is 2.65. The summed E-state index contributed by atoms with van der Waals surface area (Å²) < 4.78 is 5.58. The van der Waals surface area contributed by atoms with Gasteiger partial charge < -0.3 is 9.73 Å². The fraction of sp³-hybridized carbons (Fsp3) is 0.438. The Labute approximate surface area is 113 Å². The number of hydrogen-bond acceptors (Lipinski definition) is 2. The summed E-state index contributed by atoms with van der Waals surface area (Å²) in [6.45, 7) is 2.54. The maximum atomic E-state index is 11.2. The first-order chi connectivity index (χ1) is 9.28. The molecule has 1 saturated carbocycles. The number of carbonyl (C=O) groups is 1. The Hall–Kier alpha value is -1.77. The molecule has 1 N–H and O–H groups in total. The van der Waals surface area contributed by atoms with Crippen LogP contribution in [0.2, 0.25) is 0 Å². The lowest BCUT2D eigenvalue weighted by Crippen LogP contribution is -2.24. The number of fused-ring (bicyclic) bond motifs is 1. The van der Waals surface area contributed by atoms with Gasteiger partial charge in [0.2, 0.25) is 5.91 Å². The van der Waals surface area contributed by atoms with Crippen molar-refractivity contribution in [2.75, 3.05) is 6.54 Å². The summed E-state index contributed by atoms with van der Waals surface area (Å²) in [5, 5.41) is 4.11. The van der Waals surface area contributed by atoms with Crippen molar-refractivity contribution >= 4 is 16.9 Å². The largest absolute Gasteiger partial charge is 0.464 e. The highest BCUT2D eigenvalue weighted by Gasteiger charge is 2.24. The molecule has 0 bridgehead atoms. The average molecular weight is 257 g/mol. The molecular formula is C16H19NO2. The quantitative estimate of drug-likeness (QED) is 0.892. The first-order valence-electron chi connectivity index (χ1n) is 7.04. The molecule has 3 rings (SSSR count). The Kier molecular flexibility index (Phi) is 3.28. The number of rotatable bonds is 5. The maximum absolute atomic E-state index is 11.2. The van der Waals surface area contributed by atoms with E-state index in [1.807, 2.05) is 13.2 Å². The Morgan fingerprint density at radius 1 is 1.42 bits per heavy atom. The van der Waals surface area contributed by atoms with Crippen LogP contribution in [0.25, 0.3) is 11.0 Å². The van der Waals surface area contributed by atoms with Gasteiger partial charge in [-0.1, -0.05) is 13.0 Å². The molecule has 19 heavy (non-hydrogen) atoms. The standard InChI is InChI=1S/C16H19NO2/c1-2-16(18)17-8-7-13-10-19-15-6-5-12(9-14(13)15)11-3-4-11/h5-6,9-11H,2-4,7-8H2,1H3,(H,17,18). The van der Waals surface area contributed by atoms with E-state index < -0.39 is 0 Å². The number of furan rings is 1.